The van der Waals surface area contributed by atoms with Crippen molar-refractivity contribution in [2.45, 2.75) is 45.6 Å². The Morgan fingerprint density at radius 1 is 1.00 bits per heavy atom. The lowest BCUT2D eigenvalue weighted by Gasteiger charge is -2.12. The molecular formula is C16H26BrNO2. The van der Waals surface area contributed by atoms with E-state index in [9.17, 15) is 0 Å². The highest BCUT2D eigenvalue weighted by atomic mass is 79.9. The zero-order valence-electron chi connectivity index (χ0n) is 12.8. The van der Waals surface area contributed by atoms with Gasteiger partial charge in [0.05, 0.1) is 14.2 Å². The Labute approximate surface area is 131 Å². The summed E-state index contributed by atoms with van der Waals surface area (Å²) in [5.74, 6) is 1.53. The van der Waals surface area contributed by atoms with Gasteiger partial charge < -0.3 is 14.8 Å². The lowest BCUT2D eigenvalue weighted by Crippen LogP contribution is -2.15. The van der Waals surface area contributed by atoms with Crippen molar-refractivity contribution in [3.63, 3.8) is 0 Å². The molecule has 1 aromatic carbocycles. The van der Waals surface area contributed by atoms with E-state index >= 15 is 0 Å². The zero-order chi connectivity index (χ0) is 14.8. The second-order valence-corrected chi connectivity index (χ2v) is 5.74. The summed E-state index contributed by atoms with van der Waals surface area (Å²) in [5.41, 5.74) is 1.19. The maximum absolute atomic E-state index is 5.33. The number of ether oxygens (including phenoxy) is 2. The first-order valence-corrected chi connectivity index (χ1v) is 8.13. The number of nitrogens with one attached hydrogen (secondary N) is 1. The molecule has 0 bridgehead atoms. The lowest BCUT2D eigenvalue weighted by atomic mass is 10.1. The summed E-state index contributed by atoms with van der Waals surface area (Å²) in [6, 6.07) is 3.98. The smallest absolute Gasteiger partial charge is 0.161 e. The summed E-state index contributed by atoms with van der Waals surface area (Å²) < 4.78 is 11.7. The molecule has 0 aromatic heterocycles. The first-order chi connectivity index (χ1) is 9.72. The third-order valence-electron chi connectivity index (χ3n) is 3.33. The van der Waals surface area contributed by atoms with Crippen LogP contribution in [0.5, 0.6) is 11.5 Å². The van der Waals surface area contributed by atoms with Crippen LogP contribution < -0.4 is 14.8 Å². The molecular weight excluding hydrogens is 318 g/mol. The first kappa shape index (κ1) is 17.3. The highest BCUT2D eigenvalue weighted by Crippen LogP contribution is 2.33. The van der Waals surface area contributed by atoms with Crippen LogP contribution in [-0.4, -0.2) is 20.8 Å². The second-order valence-electron chi connectivity index (χ2n) is 4.89. The van der Waals surface area contributed by atoms with Gasteiger partial charge in [0, 0.05) is 11.0 Å². The quantitative estimate of drug-likeness (QED) is 0.633. The van der Waals surface area contributed by atoms with Crippen molar-refractivity contribution in [2.75, 3.05) is 20.8 Å². The summed E-state index contributed by atoms with van der Waals surface area (Å²) in [4.78, 5) is 0. The van der Waals surface area contributed by atoms with Gasteiger partial charge in [0.15, 0.2) is 11.5 Å². The van der Waals surface area contributed by atoms with E-state index < -0.39 is 0 Å². The van der Waals surface area contributed by atoms with Gasteiger partial charge in [-0.15, -0.1) is 0 Å². The fourth-order valence-electron chi connectivity index (χ4n) is 2.11. The maximum atomic E-state index is 5.33. The fraction of sp³-hybridized carbons (Fsp3) is 0.625. The summed E-state index contributed by atoms with van der Waals surface area (Å²) >= 11 is 3.58. The van der Waals surface area contributed by atoms with Crippen LogP contribution in [0.25, 0.3) is 0 Å². The Hall–Kier alpha value is -0.740. The van der Waals surface area contributed by atoms with Crippen molar-refractivity contribution in [3.8, 4) is 11.5 Å². The van der Waals surface area contributed by atoms with Crippen LogP contribution in [0.15, 0.2) is 16.6 Å². The van der Waals surface area contributed by atoms with Crippen LogP contribution in [0.2, 0.25) is 0 Å². The Kier molecular flexibility index (Phi) is 8.70. The van der Waals surface area contributed by atoms with Gasteiger partial charge in [-0.2, -0.15) is 0 Å². The molecule has 0 saturated heterocycles. The highest BCUT2D eigenvalue weighted by molar-refractivity contribution is 9.10. The van der Waals surface area contributed by atoms with Crippen molar-refractivity contribution in [1.29, 1.82) is 0 Å². The SMILES string of the molecule is CCCCCCCNCc1cc(OC)c(OC)cc1Br. The van der Waals surface area contributed by atoms with Crippen molar-refractivity contribution < 1.29 is 9.47 Å². The highest BCUT2D eigenvalue weighted by Gasteiger charge is 2.09. The standard InChI is InChI=1S/C16H26BrNO2/c1-4-5-6-7-8-9-18-12-13-10-15(19-2)16(20-3)11-14(13)17/h10-11,18H,4-9,12H2,1-3H3. The zero-order valence-corrected chi connectivity index (χ0v) is 14.4. The predicted octanol–water partition coefficient (Wildman–Crippen LogP) is 4.53. The number of halogens is 1. The molecule has 4 heteroatoms. The van der Waals surface area contributed by atoms with E-state index in [1.54, 1.807) is 14.2 Å². The molecule has 0 aliphatic rings. The summed E-state index contributed by atoms with van der Waals surface area (Å²) in [5, 5.41) is 3.48. The average molecular weight is 344 g/mol. The van der Waals surface area contributed by atoms with E-state index in [-0.39, 0.29) is 0 Å². The van der Waals surface area contributed by atoms with Gasteiger partial charge >= 0.3 is 0 Å². The van der Waals surface area contributed by atoms with Crippen molar-refractivity contribution in [3.05, 3.63) is 22.2 Å². The minimum absolute atomic E-state index is 0.752. The number of hydrogen-bond acceptors (Lipinski definition) is 3. The molecule has 0 unspecified atom stereocenters. The number of hydrogen-bond donors (Lipinski definition) is 1. The van der Waals surface area contributed by atoms with Gasteiger partial charge in [-0.05, 0) is 30.7 Å². The molecule has 0 saturated carbocycles. The topological polar surface area (TPSA) is 30.5 Å². The Bertz CT molecular complexity index is 396. The molecule has 0 heterocycles. The van der Waals surface area contributed by atoms with E-state index in [0.717, 1.165) is 29.1 Å². The van der Waals surface area contributed by atoms with E-state index in [2.05, 4.69) is 28.2 Å². The van der Waals surface area contributed by atoms with E-state index in [0.29, 0.717) is 0 Å². The molecule has 0 fully saturated rings. The Morgan fingerprint density at radius 2 is 1.65 bits per heavy atom. The molecule has 3 nitrogen and oxygen atoms in total. The van der Waals surface area contributed by atoms with E-state index in [4.69, 9.17) is 9.47 Å². The number of unbranched alkanes of at least 4 members (excludes halogenated alkanes) is 4. The number of benzene rings is 1. The molecule has 0 spiro atoms. The van der Waals surface area contributed by atoms with E-state index in [1.807, 2.05) is 12.1 Å². The second kappa shape index (κ2) is 10.1. The van der Waals surface area contributed by atoms with Crippen LogP contribution in [-0.2, 0) is 6.54 Å². The number of rotatable bonds is 10. The molecule has 0 amide bonds. The van der Waals surface area contributed by atoms with Crippen LogP contribution in [0.1, 0.15) is 44.6 Å². The van der Waals surface area contributed by atoms with Gasteiger partial charge in [-0.25, -0.2) is 0 Å². The van der Waals surface area contributed by atoms with Crippen molar-refractivity contribution in [1.82, 2.24) is 5.32 Å². The molecule has 1 rings (SSSR count). The number of methoxy groups -OCH3 is 2. The summed E-state index contributed by atoms with van der Waals surface area (Å²) in [7, 11) is 3.31. The molecule has 20 heavy (non-hydrogen) atoms. The Morgan fingerprint density at radius 3 is 2.30 bits per heavy atom. The van der Waals surface area contributed by atoms with Gasteiger partial charge in [0.1, 0.15) is 0 Å². The lowest BCUT2D eigenvalue weighted by molar-refractivity contribution is 0.354. The largest absolute Gasteiger partial charge is 0.493 e. The normalized spacial score (nSPS) is 10.6. The van der Waals surface area contributed by atoms with Gasteiger partial charge in [0.25, 0.3) is 0 Å². The van der Waals surface area contributed by atoms with Crippen LogP contribution >= 0.6 is 15.9 Å². The molecule has 1 N–H and O–H groups in total. The summed E-state index contributed by atoms with van der Waals surface area (Å²) in [6.45, 7) is 4.14. The molecule has 0 atom stereocenters. The predicted molar refractivity (Wildman–Crippen MR) is 87.7 cm³/mol. The molecule has 1 aromatic rings. The van der Waals surface area contributed by atoms with Gasteiger partial charge in [0.2, 0.25) is 0 Å². The minimum Gasteiger partial charge on any atom is -0.493 e. The van der Waals surface area contributed by atoms with Crippen LogP contribution in [0, 0.1) is 0 Å². The Balaban J connectivity index is 2.40. The molecule has 0 aliphatic heterocycles. The first-order valence-electron chi connectivity index (χ1n) is 7.34. The van der Waals surface area contributed by atoms with Gasteiger partial charge in [-0.1, -0.05) is 48.5 Å². The maximum Gasteiger partial charge on any atom is 0.161 e. The van der Waals surface area contributed by atoms with Gasteiger partial charge in [-0.3, -0.25) is 0 Å². The molecule has 114 valence electrons. The molecule has 0 radical (unpaired) electrons. The average Bonchev–Trinajstić information content (AvgIpc) is 2.47. The van der Waals surface area contributed by atoms with Crippen molar-refractivity contribution in [2.24, 2.45) is 0 Å². The third-order valence-corrected chi connectivity index (χ3v) is 4.06. The van der Waals surface area contributed by atoms with Crippen molar-refractivity contribution >= 4 is 15.9 Å². The van der Waals surface area contributed by atoms with Crippen LogP contribution in [0.4, 0.5) is 0 Å². The van der Waals surface area contributed by atoms with E-state index in [1.165, 1.54) is 37.7 Å². The third kappa shape index (κ3) is 5.71. The van der Waals surface area contributed by atoms with Crippen LogP contribution in [0.3, 0.4) is 0 Å². The minimum atomic E-state index is 0.752. The summed E-state index contributed by atoms with van der Waals surface area (Å²) in [6.07, 6.45) is 6.55. The monoisotopic (exact) mass is 343 g/mol. The molecule has 0 aliphatic carbocycles. The fourth-order valence-corrected chi connectivity index (χ4v) is 2.57.